The molecule has 0 saturated carbocycles. The van der Waals surface area contributed by atoms with Crippen molar-refractivity contribution < 1.29 is 14.6 Å². The van der Waals surface area contributed by atoms with Crippen LogP contribution in [0.1, 0.15) is 13.3 Å². The summed E-state index contributed by atoms with van der Waals surface area (Å²) in [6.45, 7) is 7.98. The van der Waals surface area contributed by atoms with E-state index in [1.807, 2.05) is 0 Å². The summed E-state index contributed by atoms with van der Waals surface area (Å²) >= 11 is 0. The average Bonchev–Trinajstić information content (AvgIpc) is 2.09. The zero-order valence-corrected chi connectivity index (χ0v) is 11.1. The molecule has 3 nitrogen and oxygen atoms in total. The topological polar surface area (TPSA) is 46.5 Å². The summed E-state index contributed by atoms with van der Waals surface area (Å²) in [5.74, 6) is 2.05. The number of aliphatic hydroxyl groups is 1. The molecule has 15 heavy (non-hydrogen) atoms. The molecule has 1 N–H and O–H groups in total. The fourth-order valence-electron chi connectivity index (χ4n) is 1.03. The molecule has 0 fully saturated rings. The first-order valence-electron chi connectivity index (χ1n) is 5.04. The highest BCUT2D eigenvalue weighted by Crippen LogP contribution is 2.10. The Morgan fingerprint density at radius 2 is 2.00 bits per heavy atom. The molecule has 2 atom stereocenters. The molecule has 0 amide bonds. The minimum absolute atomic E-state index is 0.370. The Bertz CT molecular complexity index is 268. The number of methoxy groups -OCH3 is 1. The van der Waals surface area contributed by atoms with E-state index >= 15 is 0 Å². The normalized spacial score (nSPS) is 14.8. The minimum Gasteiger partial charge on any atom is -0.469 e. The molecule has 0 heterocycles. The van der Waals surface area contributed by atoms with Crippen LogP contribution in [0.3, 0.4) is 0 Å². The van der Waals surface area contributed by atoms with Gasteiger partial charge in [0.25, 0.3) is 0 Å². The van der Waals surface area contributed by atoms with Crippen LogP contribution in [0.15, 0.2) is 0 Å². The molecular weight excluding hydrogens is 208 g/mol. The summed E-state index contributed by atoms with van der Waals surface area (Å²) in [4.78, 5) is 11.3. The second-order valence-electron chi connectivity index (χ2n) is 4.63. The molecule has 0 saturated heterocycles. The van der Waals surface area contributed by atoms with E-state index in [0.717, 1.165) is 0 Å². The average molecular weight is 228 g/mol. The number of rotatable bonds is 3. The standard InChI is InChI=1S/C11H20O3Si/c1-9(12)10(11(13)14-2)7-6-8-15(3,4)5/h9-10,12H,7H2,1-5H3/t9-,10-/m1/s1. The van der Waals surface area contributed by atoms with Crippen molar-refractivity contribution in [3.05, 3.63) is 0 Å². The van der Waals surface area contributed by atoms with Crippen molar-refractivity contribution in [3.63, 3.8) is 0 Å². The van der Waals surface area contributed by atoms with Gasteiger partial charge in [0.1, 0.15) is 8.07 Å². The monoisotopic (exact) mass is 228 g/mol. The summed E-state index contributed by atoms with van der Waals surface area (Å²) in [6.07, 6.45) is -0.345. The Labute approximate surface area is 92.8 Å². The van der Waals surface area contributed by atoms with Gasteiger partial charge in [-0.2, -0.15) is 0 Å². The first-order chi connectivity index (χ1) is 6.78. The number of hydrogen-bond acceptors (Lipinski definition) is 3. The number of esters is 1. The van der Waals surface area contributed by atoms with Gasteiger partial charge in [-0.3, -0.25) is 4.79 Å². The second kappa shape index (κ2) is 5.94. The van der Waals surface area contributed by atoms with Crippen LogP contribution in [0.4, 0.5) is 0 Å². The van der Waals surface area contributed by atoms with Crippen LogP contribution in [0.5, 0.6) is 0 Å². The van der Waals surface area contributed by atoms with Crippen LogP contribution in [0.25, 0.3) is 0 Å². The second-order valence-corrected chi connectivity index (χ2v) is 9.38. The molecule has 0 aromatic heterocycles. The Morgan fingerprint density at radius 3 is 2.33 bits per heavy atom. The van der Waals surface area contributed by atoms with Crippen molar-refractivity contribution in [1.29, 1.82) is 0 Å². The van der Waals surface area contributed by atoms with Crippen LogP contribution in [-0.2, 0) is 9.53 Å². The highest BCUT2D eigenvalue weighted by Gasteiger charge is 2.23. The molecule has 0 spiro atoms. The van der Waals surface area contributed by atoms with Gasteiger partial charge in [-0.25, -0.2) is 0 Å². The van der Waals surface area contributed by atoms with Crippen LogP contribution >= 0.6 is 0 Å². The van der Waals surface area contributed by atoms with Crippen LogP contribution in [0, 0.1) is 17.4 Å². The van der Waals surface area contributed by atoms with Gasteiger partial charge in [0, 0.05) is 6.42 Å². The van der Waals surface area contributed by atoms with Gasteiger partial charge in [0.2, 0.25) is 0 Å². The smallest absolute Gasteiger partial charge is 0.312 e. The van der Waals surface area contributed by atoms with Gasteiger partial charge in [0.15, 0.2) is 0 Å². The van der Waals surface area contributed by atoms with Gasteiger partial charge in [-0.15, -0.1) is 11.5 Å². The van der Waals surface area contributed by atoms with Gasteiger partial charge in [-0.1, -0.05) is 19.6 Å². The van der Waals surface area contributed by atoms with E-state index in [0.29, 0.717) is 6.42 Å². The highest BCUT2D eigenvalue weighted by atomic mass is 28.3. The lowest BCUT2D eigenvalue weighted by molar-refractivity contribution is -0.148. The third-order valence-electron chi connectivity index (χ3n) is 1.87. The predicted molar refractivity (Wildman–Crippen MR) is 62.9 cm³/mol. The maximum atomic E-state index is 11.3. The molecule has 0 bridgehead atoms. The molecule has 0 aliphatic heterocycles. The van der Waals surface area contributed by atoms with Crippen molar-refractivity contribution in [3.8, 4) is 11.5 Å². The summed E-state index contributed by atoms with van der Waals surface area (Å²) in [5, 5.41) is 9.39. The molecule has 0 radical (unpaired) electrons. The largest absolute Gasteiger partial charge is 0.469 e. The Balaban J connectivity index is 4.43. The van der Waals surface area contributed by atoms with E-state index in [2.05, 4.69) is 35.8 Å². The number of ether oxygens (including phenoxy) is 1. The van der Waals surface area contributed by atoms with Gasteiger partial charge >= 0.3 is 5.97 Å². The lowest BCUT2D eigenvalue weighted by Crippen LogP contribution is -2.27. The molecule has 86 valence electrons. The molecule has 4 heteroatoms. The quantitative estimate of drug-likeness (QED) is 0.451. The molecule has 0 aromatic rings. The first kappa shape index (κ1) is 14.2. The summed E-state index contributed by atoms with van der Waals surface area (Å²) in [5.41, 5.74) is 3.16. The van der Waals surface area contributed by atoms with Crippen LogP contribution in [0.2, 0.25) is 19.6 Å². The van der Waals surface area contributed by atoms with Crippen molar-refractivity contribution in [2.75, 3.05) is 7.11 Å². The lowest BCUT2D eigenvalue weighted by Gasteiger charge is -2.14. The zero-order chi connectivity index (χ0) is 12.1. The van der Waals surface area contributed by atoms with E-state index in [1.54, 1.807) is 6.92 Å². The molecule has 0 aromatic carbocycles. The van der Waals surface area contributed by atoms with Gasteiger partial charge in [-0.05, 0) is 6.92 Å². The van der Waals surface area contributed by atoms with E-state index in [4.69, 9.17) is 0 Å². The molecule has 0 unspecified atom stereocenters. The van der Waals surface area contributed by atoms with Crippen molar-refractivity contribution in [2.45, 2.75) is 39.1 Å². The van der Waals surface area contributed by atoms with E-state index in [9.17, 15) is 9.90 Å². The summed E-state index contributed by atoms with van der Waals surface area (Å²) in [7, 11) is -0.0756. The van der Waals surface area contributed by atoms with Crippen LogP contribution < -0.4 is 0 Å². The molecule has 0 aliphatic carbocycles. The Kier molecular flexibility index (Phi) is 5.62. The maximum Gasteiger partial charge on any atom is 0.312 e. The Morgan fingerprint density at radius 1 is 1.47 bits per heavy atom. The minimum atomic E-state index is -1.40. The maximum absolute atomic E-state index is 11.3. The Hall–Kier alpha value is -0.793. The summed E-state index contributed by atoms with van der Waals surface area (Å²) in [6, 6.07) is 0. The fourth-order valence-corrected chi connectivity index (χ4v) is 1.66. The number of carbonyl (C=O) groups is 1. The van der Waals surface area contributed by atoms with E-state index in [-0.39, 0.29) is 0 Å². The molecule has 0 aliphatic rings. The molecule has 0 rings (SSSR count). The summed E-state index contributed by atoms with van der Waals surface area (Å²) < 4.78 is 4.60. The molecular formula is C11H20O3Si. The van der Waals surface area contributed by atoms with Crippen molar-refractivity contribution in [2.24, 2.45) is 5.92 Å². The first-order valence-corrected chi connectivity index (χ1v) is 8.54. The van der Waals surface area contributed by atoms with Crippen LogP contribution in [-0.4, -0.2) is 32.4 Å². The number of carbonyl (C=O) groups excluding carboxylic acids is 1. The van der Waals surface area contributed by atoms with Gasteiger partial charge in [0.05, 0.1) is 19.1 Å². The number of hydrogen-bond donors (Lipinski definition) is 1. The zero-order valence-electron chi connectivity index (χ0n) is 10.1. The lowest BCUT2D eigenvalue weighted by atomic mass is 10.0. The van der Waals surface area contributed by atoms with Crippen molar-refractivity contribution in [1.82, 2.24) is 0 Å². The van der Waals surface area contributed by atoms with E-state index in [1.165, 1.54) is 7.11 Å². The van der Waals surface area contributed by atoms with E-state index < -0.39 is 26.1 Å². The SMILES string of the molecule is COC(=O)[C@H](CC#C[Si](C)(C)C)[C@@H](C)O. The highest BCUT2D eigenvalue weighted by molar-refractivity contribution is 6.83. The third-order valence-corrected chi connectivity index (χ3v) is 2.80. The fraction of sp³-hybridized carbons (Fsp3) is 0.727. The predicted octanol–water partition coefficient (Wildman–Crippen LogP) is 1.43. The third kappa shape index (κ3) is 6.31. The van der Waals surface area contributed by atoms with Crippen molar-refractivity contribution >= 4 is 14.0 Å². The van der Waals surface area contributed by atoms with Gasteiger partial charge < -0.3 is 9.84 Å². The number of aliphatic hydroxyl groups excluding tert-OH is 1.